The van der Waals surface area contributed by atoms with Crippen LogP contribution in [0.15, 0.2) is 95.2 Å². The number of aliphatic hydroxyl groups is 6. The van der Waals surface area contributed by atoms with Crippen molar-refractivity contribution in [2.24, 2.45) is 34.0 Å². The van der Waals surface area contributed by atoms with Gasteiger partial charge < -0.3 is 45.4 Å². The quantitative estimate of drug-likeness (QED) is 0.0421. The number of benzene rings is 1. The molecule has 11 nitrogen and oxygen atoms in total. The van der Waals surface area contributed by atoms with Gasteiger partial charge in [-0.05, 0) is 150 Å². The highest BCUT2D eigenvalue weighted by molar-refractivity contribution is 5.75. The molecule has 0 aromatic heterocycles. The van der Waals surface area contributed by atoms with Gasteiger partial charge >= 0.3 is 0 Å². The SMILES string of the molecule is C=C(C=CC=C(COCC(O)CO)C12CCC34C(=C(C)C=O)C(C=CC3CCO)CC(O)(CCNC)C4(CC1)C2O)C1CC=C(C)C(O)NC(C)(CCOC)Cc2cccc(c2)C1. The van der Waals surface area contributed by atoms with Gasteiger partial charge in [-0.3, -0.25) is 10.1 Å². The molecule has 5 aliphatic rings. The minimum absolute atomic E-state index is 0.0187. The lowest BCUT2D eigenvalue weighted by molar-refractivity contribution is -0.256. The second kappa shape index (κ2) is 20.6. The van der Waals surface area contributed by atoms with Gasteiger partial charge in [0.2, 0.25) is 0 Å². The number of aliphatic hydroxyl groups excluding tert-OH is 5. The van der Waals surface area contributed by atoms with Gasteiger partial charge in [-0.2, -0.15) is 0 Å². The van der Waals surface area contributed by atoms with Crippen LogP contribution in [0.1, 0.15) is 89.7 Å². The lowest BCUT2D eigenvalue weighted by atomic mass is 9.34. The van der Waals surface area contributed by atoms with Crippen LogP contribution in [0, 0.1) is 34.0 Å². The topological polar surface area (TPSA) is 181 Å². The molecular weight excluding hydrogens is 797 g/mol. The molecule has 4 aliphatic carbocycles. The standard InChI is InChI=1S/C52H76N2O9/c1-35(40-14-13-36(2)46(59)54-48(4,23-26-62-6)29-39-11-8-10-38(27-39)28-40)9-7-12-43(33-63-34-44(58)32-57)49-18-20-51-42(17-25-55)16-15-41(45(51)37(3)31-56)30-50(61,22-24-53-5)52(51,21-19-49)47(49)60/h7-13,15-16,27,31,40-42,44,46-47,53-55,57-61H,1,14,17-26,28-30,32-34H2,2-6H3. The fourth-order valence-electron chi connectivity index (χ4n) is 13.0. The Morgan fingerprint density at radius 2 is 1.87 bits per heavy atom. The molecule has 2 spiro atoms. The van der Waals surface area contributed by atoms with Crippen molar-refractivity contribution >= 4 is 6.29 Å². The number of ether oxygens (including phenoxy) is 2. The minimum atomic E-state index is -1.29. The number of fused-ring (bicyclic) bond motifs is 4. The van der Waals surface area contributed by atoms with Gasteiger partial charge in [-0.15, -0.1) is 0 Å². The first-order valence-corrected chi connectivity index (χ1v) is 23.3. The molecule has 348 valence electrons. The first kappa shape index (κ1) is 49.4. The summed E-state index contributed by atoms with van der Waals surface area (Å²) in [6, 6.07) is 8.63. The molecule has 0 amide bonds. The van der Waals surface area contributed by atoms with Gasteiger partial charge in [0, 0.05) is 48.0 Å². The average Bonchev–Trinajstić information content (AvgIpc) is 3.47. The van der Waals surface area contributed by atoms with Crippen molar-refractivity contribution in [3.05, 3.63) is 106 Å². The van der Waals surface area contributed by atoms with Crippen LogP contribution >= 0.6 is 0 Å². The number of hydrogen-bond acceptors (Lipinski definition) is 11. The molecule has 6 rings (SSSR count). The molecule has 1 heterocycles. The Morgan fingerprint density at radius 1 is 1.11 bits per heavy atom. The van der Waals surface area contributed by atoms with E-state index in [1.54, 1.807) is 7.11 Å². The predicted octanol–water partition coefficient (Wildman–Crippen LogP) is 5.20. The maximum Gasteiger partial charge on any atom is 0.145 e. The van der Waals surface area contributed by atoms with E-state index >= 15 is 0 Å². The number of carbonyl (C=O) groups excluding carboxylic acids is 1. The predicted molar refractivity (Wildman–Crippen MR) is 247 cm³/mol. The maximum atomic E-state index is 13.4. The van der Waals surface area contributed by atoms with Crippen LogP contribution in [-0.4, -0.2) is 120 Å². The van der Waals surface area contributed by atoms with Gasteiger partial charge in [-0.25, -0.2) is 0 Å². The smallest absolute Gasteiger partial charge is 0.145 e. The maximum absolute atomic E-state index is 13.4. The van der Waals surface area contributed by atoms with Crippen molar-refractivity contribution < 1.29 is 44.9 Å². The van der Waals surface area contributed by atoms with Crippen LogP contribution in [0.3, 0.4) is 0 Å². The minimum Gasteiger partial charge on any atom is -0.396 e. The molecule has 11 heteroatoms. The van der Waals surface area contributed by atoms with E-state index in [-0.39, 0.29) is 43.1 Å². The number of hydrogen-bond donors (Lipinski definition) is 8. The van der Waals surface area contributed by atoms with Gasteiger partial charge in [0.1, 0.15) is 18.6 Å². The number of allylic oxidation sites excluding steroid dienone is 9. The Hall–Kier alpha value is -3.07. The highest BCUT2D eigenvalue weighted by Gasteiger charge is 2.79. The van der Waals surface area contributed by atoms with Gasteiger partial charge in [0.25, 0.3) is 0 Å². The largest absolute Gasteiger partial charge is 0.396 e. The summed E-state index contributed by atoms with van der Waals surface area (Å²) in [6.07, 6.45) is 16.8. The summed E-state index contributed by atoms with van der Waals surface area (Å²) in [7, 11) is 3.56. The van der Waals surface area contributed by atoms with Gasteiger partial charge in [-0.1, -0.05) is 72.9 Å². The van der Waals surface area contributed by atoms with Crippen molar-refractivity contribution in [1.82, 2.24) is 10.6 Å². The normalized spacial score (nSPS) is 36.8. The van der Waals surface area contributed by atoms with Crippen molar-refractivity contribution in [2.75, 3.05) is 53.7 Å². The fraction of sp³-hybridized carbons (Fsp3) is 0.635. The summed E-state index contributed by atoms with van der Waals surface area (Å²) in [5.74, 6) is -0.336. The summed E-state index contributed by atoms with van der Waals surface area (Å²) >= 11 is 0. The summed E-state index contributed by atoms with van der Waals surface area (Å²) in [6.45, 7) is 11.1. The lowest BCUT2D eigenvalue weighted by Gasteiger charge is -2.71. The van der Waals surface area contributed by atoms with Crippen molar-refractivity contribution in [3.8, 4) is 0 Å². The van der Waals surface area contributed by atoms with E-state index in [4.69, 9.17) is 9.47 Å². The molecule has 6 bridgehead atoms. The number of methoxy groups -OCH3 is 1. The third-order valence-corrected chi connectivity index (χ3v) is 16.1. The molecule has 3 saturated carbocycles. The third-order valence-electron chi connectivity index (χ3n) is 16.1. The summed E-state index contributed by atoms with van der Waals surface area (Å²) < 4.78 is 11.6. The highest BCUT2D eigenvalue weighted by Crippen LogP contribution is 2.80. The van der Waals surface area contributed by atoms with Crippen LogP contribution in [0.2, 0.25) is 0 Å². The number of carbonyl (C=O) groups is 1. The molecular formula is C52H76N2O9. The van der Waals surface area contributed by atoms with Crippen LogP contribution in [0.5, 0.6) is 0 Å². The van der Waals surface area contributed by atoms with Crippen LogP contribution < -0.4 is 10.6 Å². The molecule has 0 saturated heterocycles. The Kier molecular flexibility index (Phi) is 16.2. The van der Waals surface area contributed by atoms with E-state index < -0.39 is 46.9 Å². The van der Waals surface area contributed by atoms with E-state index in [2.05, 4.69) is 66.6 Å². The molecule has 8 N–H and O–H groups in total. The summed E-state index contributed by atoms with van der Waals surface area (Å²) in [5, 5.41) is 75.1. The summed E-state index contributed by atoms with van der Waals surface area (Å²) in [4.78, 5) is 12.7. The molecule has 3 fully saturated rings. The van der Waals surface area contributed by atoms with Crippen molar-refractivity contribution in [1.29, 1.82) is 0 Å². The second-order valence-electron chi connectivity index (χ2n) is 19.8. The van der Waals surface area contributed by atoms with E-state index in [1.165, 1.54) is 11.1 Å². The molecule has 1 aromatic rings. The first-order chi connectivity index (χ1) is 30.1. The van der Waals surface area contributed by atoms with Crippen LogP contribution in [0.4, 0.5) is 0 Å². The molecule has 1 aliphatic heterocycles. The average molecular weight is 873 g/mol. The molecule has 11 unspecified atom stereocenters. The second-order valence-corrected chi connectivity index (χ2v) is 19.8. The van der Waals surface area contributed by atoms with E-state index in [1.807, 2.05) is 39.1 Å². The van der Waals surface area contributed by atoms with Crippen LogP contribution in [-0.2, 0) is 27.1 Å². The van der Waals surface area contributed by atoms with E-state index in [0.29, 0.717) is 70.1 Å². The Labute approximate surface area is 375 Å². The Morgan fingerprint density at radius 3 is 2.59 bits per heavy atom. The summed E-state index contributed by atoms with van der Waals surface area (Å²) in [5.41, 5.74) is 2.33. The zero-order valence-electron chi connectivity index (χ0n) is 38.5. The Bertz CT molecular complexity index is 1940. The third kappa shape index (κ3) is 9.35. The van der Waals surface area contributed by atoms with Gasteiger partial charge in [0.15, 0.2) is 0 Å². The number of rotatable bonds is 18. The zero-order chi connectivity index (χ0) is 45.6. The van der Waals surface area contributed by atoms with Gasteiger partial charge in [0.05, 0.1) is 31.5 Å². The Balaban J connectivity index is 1.38. The fourth-order valence-corrected chi connectivity index (χ4v) is 13.0. The van der Waals surface area contributed by atoms with Crippen LogP contribution in [0.25, 0.3) is 0 Å². The number of nitrogens with one attached hydrogen (secondary N) is 2. The zero-order valence-corrected chi connectivity index (χ0v) is 38.5. The van der Waals surface area contributed by atoms with Crippen molar-refractivity contribution in [2.45, 2.75) is 121 Å². The molecule has 1 aromatic carbocycles. The molecule has 11 atom stereocenters. The van der Waals surface area contributed by atoms with E-state index in [9.17, 15) is 35.4 Å². The highest BCUT2D eigenvalue weighted by atomic mass is 16.5. The monoisotopic (exact) mass is 873 g/mol. The molecule has 63 heavy (non-hydrogen) atoms. The van der Waals surface area contributed by atoms with Crippen molar-refractivity contribution in [3.63, 3.8) is 0 Å². The van der Waals surface area contributed by atoms with E-state index in [0.717, 1.165) is 47.8 Å². The number of aldehydes is 1. The molecule has 0 radical (unpaired) electrons. The first-order valence-electron chi connectivity index (χ1n) is 23.3. The lowest BCUT2D eigenvalue weighted by Crippen LogP contribution is -2.73.